The first-order valence-electron chi connectivity index (χ1n) is 6.97. The average Bonchev–Trinajstić information content (AvgIpc) is 2.88. The third-order valence-electron chi connectivity index (χ3n) is 4.51. The van der Waals surface area contributed by atoms with Crippen molar-refractivity contribution in [2.24, 2.45) is 5.73 Å². The third-order valence-corrected chi connectivity index (χ3v) is 4.80. The lowest BCUT2D eigenvalue weighted by Crippen LogP contribution is -2.33. The zero-order valence-corrected chi connectivity index (χ0v) is 12.1. The summed E-state index contributed by atoms with van der Waals surface area (Å²) >= 11 is 6.52. The summed E-state index contributed by atoms with van der Waals surface area (Å²) in [5.41, 5.74) is 8.39. The highest BCUT2D eigenvalue weighted by molar-refractivity contribution is 6.31. The van der Waals surface area contributed by atoms with Crippen LogP contribution in [-0.2, 0) is 5.41 Å². The molecule has 0 radical (unpaired) electrons. The molecule has 4 heteroatoms. The molecule has 3 nitrogen and oxygen atoms in total. The number of hydrogen-bond donors (Lipinski definition) is 1. The van der Waals surface area contributed by atoms with E-state index < -0.39 is 0 Å². The van der Waals surface area contributed by atoms with Crippen molar-refractivity contribution in [3.8, 4) is 11.5 Å². The summed E-state index contributed by atoms with van der Waals surface area (Å²) in [6.45, 7) is 3.91. The average molecular weight is 282 g/mol. The minimum atomic E-state index is 0.0248. The monoisotopic (exact) mass is 281 g/mol. The molecule has 0 atom stereocenters. The van der Waals surface area contributed by atoms with Crippen LogP contribution >= 0.6 is 11.6 Å². The molecule has 0 amide bonds. The molecule has 2 aliphatic rings. The lowest BCUT2D eigenvalue weighted by atomic mass is 9.76. The van der Waals surface area contributed by atoms with Gasteiger partial charge in [0.15, 0.2) is 11.5 Å². The van der Waals surface area contributed by atoms with Gasteiger partial charge in [-0.15, -0.1) is 0 Å². The van der Waals surface area contributed by atoms with Gasteiger partial charge in [-0.1, -0.05) is 24.4 Å². The van der Waals surface area contributed by atoms with Crippen molar-refractivity contribution in [2.45, 2.75) is 38.0 Å². The first kappa shape index (κ1) is 13.1. The van der Waals surface area contributed by atoms with Gasteiger partial charge in [0, 0.05) is 28.6 Å². The Morgan fingerprint density at radius 3 is 2.63 bits per heavy atom. The van der Waals surface area contributed by atoms with Crippen molar-refractivity contribution >= 4 is 11.6 Å². The van der Waals surface area contributed by atoms with Gasteiger partial charge in [0.2, 0.25) is 0 Å². The quantitative estimate of drug-likeness (QED) is 0.905. The summed E-state index contributed by atoms with van der Waals surface area (Å²) in [4.78, 5) is 0. The second kappa shape index (κ2) is 4.88. The highest BCUT2D eigenvalue weighted by Crippen LogP contribution is 2.49. The smallest absolute Gasteiger partial charge is 0.164 e. The normalized spacial score (nSPS) is 20.6. The van der Waals surface area contributed by atoms with Crippen LogP contribution in [0, 0.1) is 6.92 Å². The van der Waals surface area contributed by atoms with Gasteiger partial charge < -0.3 is 15.2 Å². The molecule has 0 spiro atoms. The molecule has 0 unspecified atom stereocenters. The van der Waals surface area contributed by atoms with Gasteiger partial charge in [-0.05, 0) is 25.3 Å². The van der Waals surface area contributed by atoms with Crippen molar-refractivity contribution in [1.82, 2.24) is 0 Å². The van der Waals surface area contributed by atoms with Crippen LogP contribution in [0.3, 0.4) is 0 Å². The molecule has 104 valence electrons. The van der Waals surface area contributed by atoms with Crippen LogP contribution in [-0.4, -0.2) is 19.8 Å². The molecule has 3 rings (SSSR count). The first-order valence-corrected chi connectivity index (χ1v) is 7.35. The summed E-state index contributed by atoms with van der Waals surface area (Å²) in [6, 6.07) is 1.90. The Morgan fingerprint density at radius 1 is 1.26 bits per heavy atom. The van der Waals surface area contributed by atoms with Crippen molar-refractivity contribution in [3.05, 3.63) is 22.2 Å². The predicted octanol–water partition coefficient (Wildman–Crippen LogP) is 3.19. The Hall–Kier alpha value is -0.930. The van der Waals surface area contributed by atoms with Gasteiger partial charge in [-0.25, -0.2) is 0 Å². The van der Waals surface area contributed by atoms with Crippen LogP contribution in [0.5, 0.6) is 11.5 Å². The van der Waals surface area contributed by atoms with Crippen LogP contribution in [0.25, 0.3) is 0 Å². The van der Waals surface area contributed by atoms with E-state index in [0.29, 0.717) is 19.8 Å². The number of halogens is 1. The van der Waals surface area contributed by atoms with Crippen molar-refractivity contribution < 1.29 is 9.47 Å². The number of fused-ring (bicyclic) bond motifs is 1. The summed E-state index contributed by atoms with van der Waals surface area (Å²) in [6.07, 6.45) is 4.68. The summed E-state index contributed by atoms with van der Waals surface area (Å²) in [5, 5.41) is 0.772. The fourth-order valence-corrected chi connectivity index (χ4v) is 4.01. The molecule has 0 aromatic heterocycles. The zero-order valence-electron chi connectivity index (χ0n) is 11.3. The topological polar surface area (TPSA) is 44.5 Å². The van der Waals surface area contributed by atoms with E-state index in [1.807, 2.05) is 6.07 Å². The molecular formula is C15H20ClNO2. The van der Waals surface area contributed by atoms with Gasteiger partial charge in [0.1, 0.15) is 13.2 Å². The fraction of sp³-hybridized carbons (Fsp3) is 0.600. The van der Waals surface area contributed by atoms with Crippen molar-refractivity contribution in [2.75, 3.05) is 19.8 Å². The summed E-state index contributed by atoms with van der Waals surface area (Å²) in [5.74, 6) is 1.62. The van der Waals surface area contributed by atoms with E-state index in [-0.39, 0.29) is 5.41 Å². The van der Waals surface area contributed by atoms with Gasteiger partial charge in [-0.3, -0.25) is 0 Å². The summed E-state index contributed by atoms with van der Waals surface area (Å²) < 4.78 is 11.4. The van der Waals surface area contributed by atoms with E-state index in [1.54, 1.807) is 0 Å². The number of rotatable bonds is 2. The Balaban J connectivity index is 2.15. The van der Waals surface area contributed by atoms with E-state index in [0.717, 1.165) is 34.9 Å². The van der Waals surface area contributed by atoms with E-state index in [2.05, 4.69) is 6.92 Å². The van der Waals surface area contributed by atoms with Crippen LogP contribution in [0.15, 0.2) is 6.07 Å². The Kier molecular flexibility index (Phi) is 3.35. The third kappa shape index (κ3) is 2.00. The highest BCUT2D eigenvalue weighted by Gasteiger charge is 2.38. The van der Waals surface area contributed by atoms with Gasteiger partial charge in [-0.2, -0.15) is 0 Å². The molecule has 19 heavy (non-hydrogen) atoms. The molecule has 0 saturated heterocycles. The molecule has 1 saturated carbocycles. The first-order chi connectivity index (χ1) is 9.18. The molecule has 1 heterocycles. The number of hydrogen-bond acceptors (Lipinski definition) is 3. The molecular weight excluding hydrogens is 262 g/mol. The van der Waals surface area contributed by atoms with Gasteiger partial charge >= 0.3 is 0 Å². The number of nitrogens with two attached hydrogens (primary N) is 1. The van der Waals surface area contributed by atoms with Crippen LogP contribution < -0.4 is 15.2 Å². The van der Waals surface area contributed by atoms with Gasteiger partial charge in [0.25, 0.3) is 0 Å². The lowest BCUT2D eigenvalue weighted by molar-refractivity contribution is 0.170. The molecule has 1 aliphatic carbocycles. The SMILES string of the molecule is Cc1c2c(cc(Cl)c1C1(CN)CCCC1)OCCO2. The maximum absolute atomic E-state index is 6.52. The van der Waals surface area contributed by atoms with E-state index in [1.165, 1.54) is 18.4 Å². The largest absolute Gasteiger partial charge is 0.486 e. The second-order valence-electron chi connectivity index (χ2n) is 5.57. The lowest BCUT2D eigenvalue weighted by Gasteiger charge is -2.33. The molecule has 1 aromatic rings. The maximum atomic E-state index is 6.52. The minimum absolute atomic E-state index is 0.0248. The van der Waals surface area contributed by atoms with Gasteiger partial charge in [0.05, 0.1) is 0 Å². The molecule has 1 aromatic carbocycles. The zero-order chi connectivity index (χ0) is 13.5. The number of ether oxygens (including phenoxy) is 2. The fourth-order valence-electron chi connectivity index (χ4n) is 3.57. The summed E-state index contributed by atoms with van der Waals surface area (Å²) in [7, 11) is 0. The van der Waals surface area contributed by atoms with E-state index in [4.69, 9.17) is 26.8 Å². The Bertz CT molecular complexity index is 495. The minimum Gasteiger partial charge on any atom is -0.486 e. The molecule has 2 N–H and O–H groups in total. The van der Waals surface area contributed by atoms with Crippen LogP contribution in [0.4, 0.5) is 0 Å². The van der Waals surface area contributed by atoms with Crippen molar-refractivity contribution in [1.29, 1.82) is 0 Å². The van der Waals surface area contributed by atoms with Crippen LogP contribution in [0.2, 0.25) is 5.02 Å². The van der Waals surface area contributed by atoms with E-state index >= 15 is 0 Å². The Morgan fingerprint density at radius 2 is 1.95 bits per heavy atom. The van der Waals surface area contributed by atoms with E-state index in [9.17, 15) is 0 Å². The molecule has 1 fully saturated rings. The Labute approximate surface area is 119 Å². The van der Waals surface area contributed by atoms with Crippen molar-refractivity contribution in [3.63, 3.8) is 0 Å². The predicted molar refractivity (Wildman–Crippen MR) is 76.4 cm³/mol. The highest BCUT2D eigenvalue weighted by atomic mass is 35.5. The second-order valence-corrected chi connectivity index (χ2v) is 5.98. The molecule has 1 aliphatic heterocycles. The number of benzene rings is 1. The standard InChI is InChI=1S/C15H20ClNO2/c1-10-13(15(9-17)4-2-3-5-15)11(16)8-12-14(10)19-7-6-18-12/h8H,2-7,9,17H2,1H3. The van der Waals surface area contributed by atoms with Crippen LogP contribution in [0.1, 0.15) is 36.8 Å². The maximum Gasteiger partial charge on any atom is 0.164 e. The molecule has 0 bridgehead atoms.